The second-order valence-corrected chi connectivity index (χ2v) is 7.06. The number of guanidine groups is 1. The summed E-state index contributed by atoms with van der Waals surface area (Å²) in [6, 6.07) is 10.6. The van der Waals surface area contributed by atoms with Gasteiger partial charge in [0.05, 0.1) is 6.54 Å². The summed E-state index contributed by atoms with van der Waals surface area (Å²) >= 11 is 0. The van der Waals surface area contributed by atoms with Gasteiger partial charge in [-0.05, 0) is 43.2 Å². The lowest BCUT2D eigenvalue weighted by molar-refractivity contribution is -0.116. The minimum atomic E-state index is -2.88. The number of alkyl halides is 2. The van der Waals surface area contributed by atoms with Crippen LogP contribution in [0.2, 0.25) is 0 Å². The first kappa shape index (κ1) is 22.3. The SMILES string of the molecule is CN=C(NCCOc1ccc2c(c1)CCC(=O)N2)NCc1cc(C)ccc1OC(F)F. The van der Waals surface area contributed by atoms with E-state index in [1.54, 1.807) is 19.2 Å². The average molecular weight is 432 g/mol. The van der Waals surface area contributed by atoms with E-state index in [4.69, 9.17) is 4.74 Å². The van der Waals surface area contributed by atoms with Crippen LogP contribution in [0.5, 0.6) is 11.5 Å². The first-order chi connectivity index (χ1) is 14.9. The molecule has 2 aromatic rings. The second kappa shape index (κ2) is 10.6. The van der Waals surface area contributed by atoms with E-state index >= 15 is 0 Å². The topological polar surface area (TPSA) is 84.0 Å². The monoisotopic (exact) mass is 432 g/mol. The van der Waals surface area contributed by atoms with Crippen LogP contribution in [-0.4, -0.2) is 38.7 Å². The number of hydrogen-bond donors (Lipinski definition) is 3. The number of carbonyl (C=O) groups excluding carboxylic acids is 1. The number of ether oxygens (including phenoxy) is 2. The van der Waals surface area contributed by atoms with Crippen LogP contribution in [0.15, 0.2) is 41.4 Å². The Morgan fingerprint density at radius 3 is 2.81 bits per heavy atom. The van der Waals surface area contributed by atoms with Crippen LogP contribution in [0.4, 0.5) is 14.5 Å². The highest BCUT2D eigenvalue weighted by atomic mass is 19.3. The van der Waals surface area contributed by atoms with Crippen LogP contribution in [0, 0.1) is 6.92 Å². The van der Waals surface area contributed by atoms with E-state index in [-0.39, 0.29) is 18.2 Å². The van der Waals surface area contributed by atoms with E-state index in [1.165, 1.54) is 6.07 Å². The van der Waals surface area contributed by atoms with Crippen LogP contribution < -0.4 is 25.4 Å². The minimum absolute atomic E-state index is 0.0304. The van der Waals surface area contributed by atoms with Crippen LogP contribution >= 0.6 is 0 Å². The van der Waals surface area contributed by atoms with Crippen LogP contribution in [0.1, 0.15) is 23.1 Å². The maximum Gasteiger partial charge on any atom is 0.387 e. The quantitative estimate of drug-likeness (QED) is 0.339. The van der Waals surface area contributed by atoms with Gasteiger partial charge in [0.2, 0.25) is 5.91 Å². The largest absolute Gasteiger partial charge is 0.492 e. The van der Waals surface area contributed by atoms with Crippen LogP contribution in [0.25, 0.3) is 0 Å². The maximum atomic E-state index is 12.6. The van der Waals surface area contributed by atoms with Crippen LogP contribution in [-0.2, 0) is 17.8 Å². The minimum Gasteiger partial charge on any atom is -0.492 e. The first-order valence-electron chi connectivity index (χ1n) is 9.99. The van der Waals surface area contributed by atoms with E-state index in [2.05, 4.69) is 25.7 Å². The lowest BCUT2D eigenvalue weighted by Crippen LogP contribution is -2.39. The zero-order chi connectivity index (χ0) is 22.2. The Morgan fingerprint density at radius 2 is 2.03 bits per heavy atom. The van der Waals surface area contributed by atoms with Crippen molar-refractivity contribution in [1.29, 1.82) is 0 Å². The van der Waals surface area contributed by atoms with Gasteiger partial charge in [-0.1, -0.05) is 17.7 Å². The summed E-state index contributed by atoms with van der Waals surface area (Å²) in [5.41, 5.74) is 3.44. The number of nitrogens with zero attached hydrogens (tertiary/aromatic N) is 1. The number of nitrogens with one attached hydrogen (secondary N) is 3. The molecule has 3 rings (SSSR count). The number of amides is 1. The number of hydrogen-bond acceptors (Lipinski definition) is 4. The molecular formula is C22H26F2N4O3. The Balaban J connectivity index is 1.46. The number of halogens is 2. The number of aliphatic imine (C=N–C) groups is 1. The molecule has 0 saturated carbocycles. The van der Waals surface area contributed by atoms with Crippen molar-refractivity contribution in [3.8, 4) is 11.5 Å². The molecule has 166 valence electrons. The predicted molar refractivity (Wildman–Crippen MR) is 115 cm³/mol. The summed E-state index contributed by atoms with van der Waals surface area (Å²) in [5.74, 6) is 1.41. The van der Waals surface area contributed by atoms with Crippen molar-refractivity contribution < 1.29 is 23.0 Å². The molecule has 1 aliphatic rings. The Bertz CT molecular complexity index is 950. The van der Waals surface area contributed by atoms with E-state index in [0.717, 1.165) is 22.6 Å². The Kier molecular flexibility index (Phi) is 7.64. The van der Waals surface area contributed by atoms with Gasteiger partial charge in [-0.3, -0.25) is 9.79 Å². The van der Waals surface area contributed by atoms with Gasteiger partial charge in [0.1, 0.15) is 18.1 Å². The summed E-state index contributed by atoms with van der Waals surface area (Å²) in [7, 11) is 1.63. The van der Waals surface area contributed by atoms with Gasteiger partial charge in [-0.25, -0.2) is 0 Å². The number of fused-ring (bicyclic) bond motifs is 1. The zero-order valence-corrected chi connectivity index (χ0v) is 17.5. The summed E-state index contributed by atoms with van der Waals surface area (Å²) in [6.45, 7) is 0.170. The van der Waals surface area contributed by atoms with Gasteiger partial charge in [0, 0.05) is 31.3 Å². The van der Waals surface area contributed by atoms with Crippen molar-refractivity contribution in [3.63, 3.8) is 0 Å². The molecule has 1 aliphatic heterocycles. The van der Waals surface area contributed by atoms with Gasteiger partial charge < -0.3 is 25.4 Å². The number of aryl methyl sites for hydroxylation is 2. The van der Waals surface area contributed by atoms with Gasteiger partial charge in [0.15, 0.2) is 5.96 Å². The van der Waals surface area contributed by atoms with E-state index in [1.807, 2.05) is 25.1 Å². The highest BCUT2D eigenvalue weighted by Crippen LogP contribution is 2.26. The molecule has 2 aromatic carbocycles. The Morgan fingerprint density at radius 1 is 1.19 bits per heavy atom. The molecule has 9 heteroatoms. The Hall–Kier alpha value is -3.36. The Labute approximate surface area is 179 Å². The van der Waals surface area contributed by atoms with Gasteiger partial charge in [-0.15, -0.1) is 0 Å². The molecule has 0 aliphatic carbocycles. The molecule has 0 radical (unpaired) electrons. The van der Waals surface area contributed by atoms with Crippen molar-refractivity contribution in [1.82, 2.24) is 10.6 Å². The number of carbonyl (C=O) groups is 1. The van der Waals surface area contributed by atoms with Crippen molar-refractivity contribution >= 4 is 17.6 Å². The molecule has 1 heterocycles. The summed E-state index contributed by atoms with van der Waals surface area (Å²) in [5, 5.41) is 9.05. The fraction of sp³-hybridized carbons (Fsp3) is 0.364. The fourth-order valence-corrected chi connectivity index (χ4v) is 3.24. The molecule has 31 heavy (non-hydrogen) atoms. The maximum absolute atomic E-state index is 12.6. The third-order valence-electron chi connectivity index (χ3n) is 4.74. The molecule has 0 aromatic heterocycles. The molecular weight excluding hydrogens is 406 g/mol. The number of anilines is 1. The molecule has 3 N–H and O–H groups in total. The highest BCUT2D eigenvalue weighted by molar-refractivity contribution is 5.94. The molecule has 0 saturated heterocycles. The highest BCUT2D eigenvalue weighted by Gasteiger charge is 2.15. The molecule has 0 spiro atoms. The van der Waals surface area contributed by atoms with Crippen molar-refractivity contribution in [3.05, 3.63) is 53.1 Å². The molecule has 0 fully saturated rings. The zero-order valence-electron chi connectivity index (χ0n) is 17.5. The third-order valence-corrected chi connectivity index (χ3v) is 4.74. The van der Waals surface area contributed by atoms with Crippen molar-refractivity contribution in [2.45, 2.75) is 32.9 Å². The first-order valence-corrected chi connectivity index (χ1v) is 9.99. The standard InChI is InChI=1S/C22H26F2N4O3/c1-14-3-7-19(31-21(23)24)16(11-14)13-27-22(25-2)26-9-10-30-17-5-6-18-15(12-17)4-8-20(29)28-18/h3,5-7,11-12,21H,4,8-10,13H2,1-2H3,(H,28,29)(H2,25,26,27). The molecule has 1 amide bonds. The smallest absolute Gasteiger partial charge is 0.387 e. The molecule has 0 bridgehead atoms. The van der Waals surface area contributed by atoms with E-state index in [9.17, 15) is 13.6 Å². The lowest BCUT2D eigenvalue weighted by atomic mass is 10.0. The lowest BCUT2D eigenvalue weighted by Gasteiger charge is -2.18. The molecule has 0 unspecified atom stereocenters. The number of benzene rings is 2. The van der Waals surface area contributed by atoms with Gasteiger partial charge in [-0.2, -0.15) is 8.78 Å². The number of rotatable bonds is 8. The second-order valence-electron chi connectivity index (χ2n) is 7.06. The average Bonchev–Trinajstić information content (AvgIpc) is 2.74. The van der Waals surface area contributed by atoms with E-state index in [0.29, 0.717) is 37.5 Å². The predicted octanol–water partition coefficient (Wildman–Crippen LogP) is 3.23. The van der Waals surface area contributed by atoms with Crippen molar-refractivity contribution in [2.24, 2.45) is 4.99 Å². The van der Waals surface area contributed by atoms with Crippen LogP contribution in [0.3, 0.4) is 0 Å². The summed E-state index contributed by atoms with van der Waals surface area (Å²) in [4.78, 5) is 15.6. The summed E-state index contributed by atoms with van der Waals surface area (Å²) in [6.07, 6.45) is 1.18. The third kappa shape index (κ3) is 6.56. The normalized spacial score (nSPS) is 13.5. The van der Waals surface area contributed by atoms with Gasteiger partial charge in [0.25, 0.3) is 0 Å². The van der Waals surface area contributed by atoms with Gasteiger partial charge >= 0.3 is 6.61 Å². The fourth-order valence-electron chi connectivity index (χ4n) is 3.24. The molecule has 7 nitrogen and oxygen atoms in total. The summed E-state index contributed by atoms with van der Waals surface area (Å²) < 4.78 is 35.6. The van der Waals surface area contributed by atoms with Crippen molar-refractivity contribution in [2.75, 3.05) is 25.5 Å². The molecule has 0 atom stereocenters. The van der Waals surface area contributed by atoms with E-state index < -0.39 is 6.61 Å².